The van der Waals surface area contributed by atoms with E-state index in [0.717, 1.165) is 37.8 Å². The summed E-state index contributed by atoms with van der Waals surface area (Å²) in [4.78, 5) is 12.8. The van der Waals surface area contributed by atoms with Gasteiger partial charge in [-0.05, 0) is 61.6 Å². The van der Waals surface area contributed by atoms with Gasteiger partial charge in [-0.25, -0.2) is 8.78 Å². The minimum Gasteiger partial charge on any atom is -0.371 e. The quantitative estimate of drug-likeness (QED) is 0.866. The van der Waals surface area contributed by atoms with Crippen LogP contribution in [0.25, 0.3) is 0 Å². The zero-order valence-electron chi connectivity index (χ0n) is 14.8. The minimum atomic E-state index is -0.892. The number of nitrogens with one attached hydrogen (secondary N) is 1. The van der Waals surface area contributed by atoms with E-state index in [-0.39, 0.29) is 23.9 Å². The van der Waals surface area contributed by atoms with E-state index < -0.39 is 17.7 Å². The first-order valence-electron chi connectivity index (χ1n) is 9.65. The maximum atomic E-state index is 13.6. The Labute approximate surface area is 152 Å². The predicted octanol–water partition coefficient (Wildman–Crippen LogP) is 3.06. The third-order valence-corrected chi connectivity index (χ3v) is 6.48. The summed E-state index contributed by atoms with van der Waals surface area (Å²) in [5, 5.41) is 3.11. The second-order valence-electron chi connectivity index (χ2n) is 8.07. The van der Waals surface area contributed by atoms with Crippen LogP contribution in [0.3, 0.4) is 0 Å². The van der Waals surface area contributed by atoms with Crippen molar-refractivity contribution in [2.24, 2.45) is 23.5 Å². The molecule has 1 aromatic carbocycles. The van der Waals surface area contributed by atoms with E-state index in [1.54, 1.807) is 0 Å². The Morgan fingerprint density at radius 3 is 2.54 bits per heavy atom. The molecule has 4 nitrogen and oxygen atoms in total. The number of carbonyl (C=O) groups excluding carboxylic acids is 1. The molecule has 0 radical (unpaired) electrons. The molecule has 3 aliphatic rings. The van der Waals surface area contributed by atoms with Crippen molar-refractivity contribution in [3.63, 3.8) is 0 Å². The van der Waals surface area contributed by atoms with E-state index in [0.29, 0.717) is 30.4 Å². The smallest absolute Gasteiger partial charge is 0.223 e. The topological polar surface area (TPSA) is 64.4 Å². The average molecular weight is 364 g/mol. The van der Waals surface area contributed by atoms with Crippen LogP contribution < -0.4 is 11.1 Å². The molecule has 6 heteroatoms. The van der Waals surface area contributed by atoms with E-state index in [9.17, 15) is 13.6 Å². The summed E-state index contributed by atoms with van der Waals surface area (Å²) in [6.45, 7) is 0.495. The van der Waals surface area contributed by atoms with Gasteiger partial charge in [-0.3, -0.25) is 4.79 Å². The summed E-state index contributed by atoms with van der Waals surface area (Å²) >= 11 is 0. The first kappa shape index (κ1) is 17.9. The normalized spacial score (nSPS) is 36.7. The summed E-state index contributed by atoms with van der Waals surface area (Å²) in [5.74, 6) is -0.831. The highest BCUT2D eigenvalue weighted by atomic mass is 19.2. The lowest BCUT2D eigenvalue weighted by Gasteiger charge is -2.43. The highest BCUT2D eigenvalue weighted by Gasteiger charge is 2.41. The number of halogens is 2. The lowest BCUT2D eigenvalue weighted by molar-refractivity contribution is -0.129. The van der Waals surface area contributed by atoms with Crippen LogP contribution in [0.15, 0.2) is 18.2 Å². The standard InChI is InChI=1S/C20H26F2N2O2/c21-15-5-4-13(10-16(15)22)19-17(6-7-26-19)24-20(25)14-8-11-2-1-3-12(9-14)18(11)23/h4-5,10-12,14,17-19H,1-3,6-9,23H2,(H,24,25). The number of hydrogen-bond acceptors (Lipinski definition) is 3. The summed E-state index contributed by atoms with van der Waals surface area (Å²) in [7, 11) is 0. The van der Waals surface area contributed by atoms with E-state index in [1.165, 1.54) is 12.5 Å². The summed E-state index contributed by atoms with van der Waals surface area (Å²) < 4.78 is 32.4. The van der Waals surface area contributed by atoms with Gasteiger partial charge in [0.1, 0.15) is 6.10 Å². The Morgan fingerprint density at radius 1 is 1.12 bits per heavy atom. The largest absolute Gasteiger partial charge is 0.371 e. The molecular formula is C20H26F2N2O2. The number of ether oxygens (including phenoxy) is 1. The van der Waals surface area contributed by atoms with Crippen LogP contribution in [-0.4, -0.2) is 24.6 Å². The Morgan fingerprint density at radius 2 is 1.85 bits per heavy atom. The Balaban J connectivity index is 1.42. The maximum absolute atomic E-state index is 13.6. The second-order valence-corrected chi connectivity index (χ2v) is 8.07. The van der Waals surface area contributed by atoms with Gasteiger partial charge in [0.25, 0.3) is 0 Å². The van der Waals surface area contributed by atoms with Crippen LogP contribution in [0.2, 0.25) is 0 Å². The summed E-state index contributed by atoms with van der Waals surface area (Å²) in [6.07, 6.45) is 5.40. The fourth-order valence-electron chi connectivity index (χ4n) is 5.06. The van der Waals surface area contributed by atoms with Gasteiger partial charge in [-0.2, -0.15) is 0 Å². The van der Waals surface area contributed by atoms with Crippen molar-refractivity contribution in [2.75, 3.05) is 6.61 Å². The van der Waals surface area contributed by atoms with Crippen molar-refractivity contribution in [3.05, 3.63) is 35.4 Å². The Hall–Kier alpha value is -1.53. The predicted molar refractivity (Wildman–Crippen MR) is 93.1 cm³/mol. The van der Waals surface area contributed by atoms with Crippen LogP contribution in [0, 0.1) is 29.4 Å². The second kappa shape index (κ2) is 7.24. The molecule has 1 saturated heterocycles. The Bertz CT molecular complexity index is 670. The summed E-state index contributed by atoms with van der Waals surface area (Å²) in [6, 6.07) is 3.82. The van der Waals surface area contributed by atoms with Crippen molar-refractivity contribution in [1.29, 1.82) is 0 Å². The zero-order chi connectivity index (χ0) is 18.3. The van der Waals surface area contributed by atoms with Gasteiger partial charge in [-0.15, -0.1) is 0 Å². The average Bonchev–Trinajstić information content (AvgIpc) is 3.05. The highest BCUT2D eigenvalue weighted by Crippen LogP contribution is 2.42. The summed E-state index contributed by atoms with van der Waals surface area (Å²) in [5.41, 5.74) is 6.88. The van der Waals surface area contributed by atoms with Crippen molar-refractivity contribution in [2.45, 2.75) is 56.7 Å². The molecule has 4 rings (SSSR count). The number of nitrogens with two attached hydrogens (primary N) is 1. The maximum Gasteiger partial charge on any atom is 0.223 e. The van der Waals surface area contributed by atoms with Crippen LogP contribution in [0.4, 0.5) is 8.78 Å². The molecule has 26 heavy (non-hydrogen) atoms. The van der Waals surface area contributed by atoms with Gasteiger partial charge in [0.2, 0.25) is 5.91 Å². The molecular weight excluding hydrogens is 338 g/mol. The molecule has 0 spiro atoms. The molecule has 1 amide bonds. The molecule has 3 fully saturated rings. The van der Waals surface area contributed by atoms with Crippen molar-refractivity contribution in [1.82, 2.24) is 5.32 Å². The molecule has 142 valence electrons. The van der Waals surface area contributed by atoms with E-state index >= 15 is 0 Å². The molecule has 1 heterocycles. The molecule has 4 unspecified atom stereocenters. The van der Waals surface area contributed by atoms with Crippen molar-refractivity contribution >= 4 is 5.91 Å². The van der Waals surface area contributed by atoms with E-state index in [2.05, 4.69) is 5.32 Å². The molecule has 2 bridgehead atoms. The van der Waals surface area contributed by atoms with E-state index in [4.69, 9.17) is 10.5 Å². The molecule has 2 aliphatic carbocycles. The highest BCUT2D eigenvalue weighted by molar-refractivity contribution is 5.79. The van der Waals surface area contributed by atoms with Crippen LogP contribution in [0.1, 0.15) is 50.2 Å². The number of hydrogen-bond donors (Lipinski definition) is 2. The van der Waals surface area contributed by atoms with Crippen LogP contribution in [-0.2, 0) is 9.53 Å². The van der Waals surface area contributed by atoms with Gasteiger partial charge in [0, 0.05) is 18.6 Å². The molecule has 2 saturated carbocycles. The third kappa shape index (κ3) is 3.37. The van der Waals surface area contributed by atoms with E-state index in [1.807, 2.05) is 0 Å². The van der Waals surface area contributed by atoms with Gasteiger partial charge in [0.15, 0.2) is 11.6 Å². The zero-order valence-corrected chi connectivity index (χ0v) is 14.8. The number of benzene rings is 1. The fraction of sp³-hybridized carbons (Fsp3) is 0.650. The monoisotopic (exact) mass is 364 g/mol. The number of rotatable bonds is 3. The lowest BCUT2D eigenvalue weighted by atomic mass is 9.65. The molecule has 1 aliphatic heterocycles. The fourth-order valence-corrected chi connectivity index (χ4v) is 5.06. The first-order chi connectivity index (χ1) is 12.5. The molecule has 4 atom stereocenters. The number of carbonyl (C=O) groups is 1. The van der Waals surface area contributed by atoms with Crippen molar-refractivity contribution in [3.8, 4) is 0 Å². The van der Waals surface area contributed by atoms with Crippen LogP contribution >= 0.6 is 0 Å². The molecule has 3 N–H and O–H groups in total. The number of fused-ring (bicyclic) bond motifs is 2. The lowest BCUT2D eigenvalue weighted by Crippen LogP contribution is -2.50. The number of amides is 1. The van der Waals surface area contributed by atoms with Gasteiger partial charge >= 0.3 is 0 Å². The van der Waals surface area contributed by atoms with Crippen LogP contribution in [0.5, 0.6) is 0 Å². The SMILES string of the molecule is NC1C2CCCC1CC(C(=O)NC1CCOC1c1ccc(F)c(F)c1)C2. The van der Waals surface area contributed by atoms with Gasteiger partial charge in [0.05, 0.1) is 6.04 Å². The minimum absolute atomic E-state index is 0.00342. The van der Waals surface area contributed by atoms with Crippen molar-refractivity contribution < 1.29 is 18.3 Å². The molecule has 1 aromatic rings. The Kier molecular flexibility index (Phi) is 4.97. The first-order valence-corrected chi connectivity index (χ1v) is 9.65. The molecule has 0 aromatic heterocycles. The van der Waals surface area contributed by atoms with Gasteiger partial charge < -0.3 is 15.8 Å². The van der Waals surface area contributed by atoms with Gasteiger partial charge in [-0.1, -0.05) is 12.5 Å². The third-order valence-electron chi connectivity index (χ3n) is 6.48.